The molecule has 0 unspecified atom stereocenters. The molecule has 4 aromatic rings. The molecule has 0 aliphatic rings. The zero-order valence-electron chi connectivity index (χ0n) is 15.6. The van der Waals surface area contributed by atoms with Gasteiger partial charge in [-0.25, -0.2) is 9.97 Å². The van der Waals surface area contributed by atoms with E-state index in [0.717, 1.165) is 47.8 Å². The monoisotopic (exact) mass is 361 g/mol. The Hall–Kier alpha value is -3.19. The molecular formula is C20H23N7. The minimum atomic E-state index is 0.734. The highest BCUT2D eigenvalue weighted by atomic mass is 15.1. The van der Waals surface area contributed by atoms with E-state index in [1.165, 1.54) is 5.56 Å². The quantitative estimate of drug-likeness (QED) is 0.528. The number of H-pyrrole nitrogens is 1. The Kier molecular flexibility index (Phi) is 4.84. The van der Waals surface area contributed by atoms with Gasteiger partial charge in [0.15, 0.2) is 11.5 Å². The molecule has 7 heteroatoms. The molecule has 0 radical (unpaired) electrons. The van der Waals surface area contributed by atoms with Crippen LogP contribution in [-0.4, -0.2) is 50.1 Å². The predicted octanol–water partition coefficient (Wildman–Crippen LogP) is 3.36. The molecule has 7 nitrogen and oxygen atoms in total. The van der Waals surface area contributed by atoms with Crippen molar-refractivity contribution in [1.29, 1.82) is 0 Å². The molecule has 3 aromatic heterocycles. The Morgan fingerprint density at radius 1 is 1.19 bits per heavy atom. The van der Waals surface area contributed by atoms with Gasteiger partial charge < -0.3 is 10.2 Å². The van der Waals surface area contributed by atoms with E-state index in [4.69, 9.17) is 0 Å². The van der Waals surface area contributed by atoms with Crippen molar-refractivity contribution in [2.24, 2.45) is 0 Å². The third-order valence-corrected chi connectivity index (χ3v) is 4.48. The molecule has 138 valence electrons. The lowest BCUT2D eigenvalue weighted by atomic mass is 10.1. The van der Waals surface area contributed by atoms with Gasteiger partial charge in [-0.3, -0.25) is 9.50 Å². The molecule has 0 spiro atoms. The lowest BCUT2D eigenvalue weighted by Crippen LogP contribution is -2.13. The molecule has 2 N–H and O–H groups in total. The topological polar surface area (TPSA) is 74.1 Å². The van der Waals surface area contributed by atoms with Crippen LogP contribution in [0.3, 0.4) is 0 Å². The fourth-order valence-corrected chi connectivity index (χ4v) is 3.15. The van der Waals surface area contributed by atoms with Gasteiger partial charge in [0.05, 0.1) is 18.1 Å². The van der Waals surface area contributed by atoms with Crippen LogP contribution in [0.2, 0.25) is 0 Å². The van der Waals surface area contributed by atoms with Crippen molar-refractivity contribution >= 4 is 17.2 Å². The van der Waals surface area contributed by atoms with Gasteiger partial charge in [-0.2, -0.15) is 5.10 Å². The standard InChI is InChI=1S/C20H23N7/c1-26(2)9-4-6-15-5-3-7-17(11-15)25-19-20-22-14-18(16-12-23-24-13-16)27(20)10-8-21-19/h3,5,7-8,10-14H,4,6,9H2,1-2H3,(H,21,25)(H,23,24). The molecule has 1 aromatic carbocycles. The van der Waals surface area contributed by atoms with Crippen LogP contribution < -0.4 is 5.32 Å². The molecule has 0 aliphatic carbocycles. The molecule has 0 aliphatic heterocycles. The summed E-state index contributed by atoms with van der Waals surface area (Å²) in [5.41, 5.74) is 5.08. The third-order valence-electron chi connectivity index (χ3n) is 4.48. The van der Waals surface area contributed by atoms with Crippen molar-refractivity contribution in [3.63, 3.8) is 0 Å². The first-order valence-electron chi connectivity index (χ1n) is 9.02. The second-order valence-corrected chi connectivity index (χ2v) is 6.83. The lowest BCUT2D eigenvalue weighted by molar-refractivity contribution is 0.400. The summed E-state index contributed by atoms with van der Waals surface area (Å²) < 4.78 is 2.02. The van der Waals surface area contributed by atoms with Gasteiger partial charge in [0.25, 0.3) is 0 Å². The van der Waals surface area contributed by atoms with Crippen LogP contribution in [0.5, 0.6) is 0 Å². The van der Waals surface area contributed by atoms with Gasteiger partial charge in [-0.1, -0.05) is 12.1 Å². The van der Waals surface area contributed by atoms with Crippen LogP contribution in [0.25, 0.3) is 16.9 Å². The first-order valence-corrected chi connectivity index (χ1v) is 9.02. The number of hydrogen-bond acceptors (Lipinski definition) is 5. The first-order chi connectivity index (χ1) is 13.2. The molecule has 0 saturated heterocycles. The summed E-state index contributed by atoms with van der Waals surface area (Å²) in [4.78, 5) is 11.3. The van der Waals surface area contributed by atoms with Crippen LogP contribution in [0.1, 0.15) is 12.0 Å². The minimum absolute atomic E-state index is 0.734. The zero-order chi connectivity index (χ0) is 18.6. The van der Waals surface area contributed by atoms with Gasteiger partial charge >= 0.3 is 0 Å². The van der Waals surface area contributed by atoms with Gasteiger partial charge in [-0.05, 0) is 51.2 Å². The molecule has 0 atom stereocenters. The van der Waals surface area contributed by atoms with Crippen LogP contribution in [0, 0.1) is 0 Å². The zero-order valence-corrected chi connectivity index (χ0v) is 15.6. The van der Waals surface area contributed by atoms with E-state index >= 15 is 0 Å². The summed E-state index contributed by atoms with van der Waals surface area (Å²) >= 11 is 0. The maximum absolute atomic E-state index is 4.55. The fourth-order valence-electron chi connectivity index (χ4n) is 3.15. The van der Waals surface area contributed by atoms with Crippen LogP contribution in [0.15, 0.2) is 55.2 Å². The Morgan fingerprint density at radius 2 is 2.11 bits per heavy atom. The van der Waals surface area contributed by atoms with Crippen LogP contribution >= 0.6 is 0 Å². The predicted molar refractivity (Wildman–Crippen MR) is 107 cm³/mol. The van der Waals surface area contributed by atoms with E-state index in [9.17, 15) is 0 Å². The third kappa shape index (κ3) is 3.83. The molecule has 27 heavy (non-hydrogen) atoms. The molecule has 0 bridgehead atoms. The maximum Gasteiger partial charge on any atom is 0.180 e. The van der Waals surface area contributed by atoms with Gasteiger partial charge in [0.1, 0.15) is 0 Å². The first kappa shape index (κ1) is 17.2. The SMILES string of the molecule is CN(C)CCCc1cccc(Nc2nccn3c(-c4cn[nH]c4)cnc23)c1. The Balaban J connectivity index is 1.57. The van der Waals surface area contributed by atoms with E-state index in [-0.39, 0.29) is 0 Å². The molecule has 0 amide bonds. The smallest absolute Gasteiger partial charge is 0.180 e. The molecule has 0 fully saturated rings. The Labute approximate surface area is 158 Å². The van der Waals surface area contributed by atoms with Gasteiger partial charge in [-0.15, -0.1) is 0 Å². The number of anilines is 2. The maximum atomic E-state index is 4.55. The van der Waals surface area contributed by atoms with E-state index in [1.54, 1.807) is 12.4 Å². The Bertz CT molecular complexity index is 1020. The normalized spacial score (nSPS) is 11.4. The lowest BCUT2D eigenvalue weighted by Gasteiger charge is -2.11. The number of nitrogens with zero attached hydrogens (tertiary/aromatic N) is 5. The van der Waals surface area contributed by atoms with Crippen molar-refractivity contribution in [2.75, 3.05) is 26.0 Å². The van der Waals surface area contributed by atoms with Crippen LogP contribution in [0.4, 0.5) is 11.5 Å². The van der Waals surface area contributed by atoms with Crippen molar-refractivity contribution in [3.05, 3.63) is 60.8 Å². The summed E-state index contributed by atoms with van der Waals surface area (Å²) in [5, 5.41) is 10.3. The van der Waals surface area contributed by atoms with Gasteiger partial charge in [0, 0.05) is 29.8 Å². The number of imidazole rings is 1. The van der Waals surface area contributed by atoms with E-state index in [1.807, 2.05) is 23.0 Å². The average Bonchev–Trinajstić information content (AvgIpc) is 3.31. The average molecular weight is 361 g/mol. The summed E-state index contributed by atoms with van der Waals surface area (Å²) in [7, 11) is 4.21. The second kappa shape index (κ2) is 7.59. The molecule has 0 saturated carbocycles. The largest absolute Gasteiger partial charge is 0.337 e. The van der Waals surface area contributed by atoms with E-state index in [0.29, 0.717) is 0 Å². The minimum Gasteiger partial charge on any atom is -0.337 e. The summed E-state index contributed by atoms with van der Waals surface area (Å²) in [6.45, 7) is 1.09. The van der Waals surface area contributed by atoms with Crippen molar-refractivity contribution < 1.29 is 0 Å². The van der Waals surface area contributed by atoms with E-state index in [2.05, 4.69) is 68.7 Å². The summed E-state index contributed by atoms with van der Waals surface area (Å²) in [6, 6.07) is 8.48. The number of nitrogens with one attached hydrogen (secondary N) is 2. The number of aromatic amines is 1. The number of aryl methyl sites for hydroxylation is 1. The molecule has 4 rings (SSSR count). The van der Waals surface area contributed by atoms with Crippen LogP contribution in [-0.2, 0) is 6.42 Å². The Morgan fingerprint density at radius 3 is 2.93 bits per heavy atom. The number of hydrogen-bond donors (Lipinski definition) is 2. The fraction of sp³-hybridized carbons (Fsp3) is 0.250. The van der Waals surface area contributed by atoms with Crippen molar-refractivity contribution in [3.8, 4) is 11.3 Å². The highest BCUT2D eigenvalue weighted by Gasteiger charge is 2.11. The summed E-state index contributed by atoms with van der Waals surface area (Å²) in [5.74, 6) is 0.734. The van der Waals surface area contributed by atoms with Gasteiger partial charge in [0.2, 0.25) is 0 Å². The number of rotatable bonds is 7. The number of aromatic nitrogens is 5. The number of benzene rings is 1. The highest BCUT2D eigenvalue weighted by molar-refractivity contribution is 5.73. The molecule has 3 heterocycles. The number of fused-ring (bicyclic) bond motifs is 1. The van der Waals surface area contributed by atoms with E-state index < -0.39 is 0 Å². The molecular weight excluding hydrogens is 338 g/mol. The van der Waals surface area contributed by atoms with Crippen molar-refractivity contribution in [1.82, 2.24) is 29.5 Å². The second-order valence-electron chi connectivity index (χ2n) is 6.83. The highest BCUT2D eigenvalue weighted by Crippen LogP contribution is 2.24. The summed E-state index contributed by atoms with van der Waals surface area (Å²) in [6.07, 6.45) is 11.4. The van der Waals surface area contributed by atoms with Crippen molar-refractivity contribution in [2.45, 2.75) is 12.8 Å².